The van der Waals surface area contributed by atoms with E-state index in [-0.39, 0.29) is 11.9 Å². The third kappa shape index (κ3) is 4.36. The van der Waals surface area contributed by atoms with Crippen molar-refractivity contribution in [2.45, 2.75) is 32.8 Å². The molecular formula is C28H25N3O3. The van der Waals surface area contributed by atoms with E-state index in [0.717, 1.165) is 11.1 Å². The van der Waals surface area contributed by atoms with E-state index in [1.54, 1.807) is 29.2 Å². The first-order chi connectivity index (χ1) is 16.1. The standard InChI is InChI=1S/C28H25N3O3/c1-27(2,3)34-26(33)31-14-13-28(18-31)23(15-19-5-7-21(17-29)8-6-19)25(32)24(28)16-20-9-11-22(30-4)12-10-20/h5-12,15-16H,13-14,18H2,1-3H3/b23-15-,24-16-. The highest BCUT2D eigenvalue weighted by atomic mass is 16.6. The summed E-state index contributed by atoms with van der Waals surface area (Å²) in [6.45, 7) is 13.5. The predicted octanol–water partition coefficient (Wildman–Crippen LogP) is 5.79. The maximum Gasteiger partial charge on any atom is 0.410 e. The highest BCUT2D eigenvalue weighted by Crippen LogP contribution is 2.55. The molecule has 1 saturated heterocycles. The molecule has 1 heterocycles. The van der Waals surface area contributed by atoms with Crippen LogP contribution in [0, 0.1) is 23.3 Å². The van der Waals surface area contributed by atoms with Gasteiger partial charge in [-0.3, -0.25) is 4.79 Å². The molecule has 0 bridgehead atoms. The van der Waals surface area contributed by atoms with E-state index >= 15 is 0 Å². The number of Topliss-reactive ketones (excluding diaryl/α,β-unsaturated/α-hetero) is 1. The van der Waals surface area contributed by atoms with E-state index in [1.807, 2.05) is 57.2 Å². The summed E-state index contributed by atoms with van der Waals surface area (Å²) < 4.78 is 5.57. The van der Waals surface area contributed by atoms with Crippen LogP contribution in [0.3, 0.4) is 0 Å². The lowest BCUT2D eigenvalue weighted by molar-refractivity contribution is -0.117. The van der Waals surface area contributed by atoms with Crippen molar-refractivity contribution in [1.82, 2.24) is 4.90 Å². The molecule has 6 nitrogen and oxygen atoms in total. The molecule has 0 aromatic heterocycles. The molecule has 0 N–H and O–H groups in total. The van der Waals surface area contributed by atoms with E-state index < -0.39 is 11.0 Å². The Balaban J connectivity index is 1.71. The number of nitriles is 1. The Morgan fingerprint density at radius 2 is 1.65 bits per heavy atom. The fourth-order valence-electron chi connectivity index (χ4n) is 4.43. The quantitative estimate of drug-likeness (QED) is 0.428. The van der Waals surface area contributed by atoms with Crippen molar-refractivity contribution in [2.75, 3.05) is 13.1 Å². The normalized spacial score (nSPS) is 21.9. The van der Waals surface area contributed by atoms with Gasteiger partial charge in [0.25, 0.3) is 0 Å². The molecule has 4 rings (SSSR count). The average molecular weight is 452 g/mol. The molecule has 1 aliphatic carbocycles. The second-order valence-electron chi connectivity index (χ2n) is 9.62. The number of likely N-dealkylation sites (tertiary alicyclic amines) is 1. The molecule has 2 fully saturated rings. The Kier molecular flexibility index (Phi) is 5.85. The average Bonchev–Trinajstić information content (AvgIpc) is 3.28. The molecule has 1 aliphatic heterocycles. The van der Waals surface area contributed by atoms with Crippen molar-refractivity contribution in [3.8, 4) is 6.07 Å². The van der Waals surface area contributed by atoms with E-state index in [0.29, 0.717) is 41.9 Å². The van der Waals surface area contributed by atoms with Gasteiger partial charge in [-0.05, 0) is 62.6 Å². The van der Waals surface area contributed by atoms with Crippen molar-refractivity contribution < 1.29 is 14.3 Å². The second kappa shape index (κ2) is 8.65. The molecule has 1 unspecified atom stereocenters. The fourth-order valence-corrected chi connectivity index (χ4v) is 4.43. The summed E-state index contributed by atoms with van der Waals surface area (Å²) in [5.41, 5.74) is 2.89. The number of rotatable bonds is 2. The van der Waals surface area contributed by atoms with Crippen LogP contribution >= 0.6 is 0 Å². The summed E-state index contributed by atoms with van der Waals surface area (Å²) in [6, 6.07) is 16.3. The Bertz CT molecular complexity index is 1200. The molecule has 1 amide bonds. The van der Waals surface area contributed by atoms with Crippen molar-refractivity contribution in [1.29, 1.82) is 5.26 Å². The summed E-state index contributed by atoms with van der Waals surface area (Å²) in [5, 5.41) is 9.05. The largest absolute Gasteiger partial charge is 0.444 e. The molecule has 2 aromatic rings. The number of amides is 1. The lowest BCUT2D eigenvalue weighted by atomic mass is 9.58. The van der Waals surface area contributed by atoms with Crippen molar-refractivity contribution >= 4 is 29.7 Å². The number of carbonyl (C=O) groups is 2. The number of ether oxygens (including phenoxy) is 1. The monoisotopic (exact) mass is 451 g/mol. The van der Waals surface area contributed by atoms with Crippen LogP contribution < -0.4 is 0 Å². The summed E-state index contributed by atoms with van der Waals surface area (Å²) in [4.78, 5) is 31.2. The predicted molar refractivity (Wildman–Crippen MR) is 130 cm³/mol. The van der Waals surface area contributed by atoms with Gasteiger partial charge in [-0.2, -0.15) is 5.26 Å². The third-order valence-electron chi connectivity index (χ3n) is 6.13. The fraction of sp³-hybridized carbons (Fsp3) is 0.286. The minimum Gasteiger partial charge on any atom is -0.444 e. The lowest BCUT2D eigenvalue weighted by Gasteiger charge is -2.43. The van der Waals surface area contributed by atoms with Gasteiger partial charge in [-0.15, -0.1) is 0 Å². The zero-order chi connectivity index (χ0) is 24.5. The second-order valence-corrected chi connectivity index (χ2v) is 9.62. The van der Waals surface area contributed by atoms with Crippen molar-refractivity contribution in [2.24, 2.45) is 5.41 Å². The number of carbonyl (C=O) groups excluding carboxylic acids is 2. The summed E-state index contributed by atoms with van der Waals surface area (Å²) in [7, 11) is 0. The summed E-state index contributed by atoms with van der Waals surface area (Å²) in [5.74, 6) is -0.0512. The Morgan fingerprint density at radius 3 is 2.15 bits per heavy atom. The van der Waals surface area contributed by atoms with Crippen LogP contribution in [0.2, 0.25) is 0 Å². The summed E-state index contributed by atoms with van der Waals surface area (Å²) in [6.07, 6.45) is 3.96. The van der Waals surface area contributed by atoms with Gasteiger partial charge in [0.1, 0.15) is 5.60 Å². The maximum atomic E-state index is 13.3. The number of benzene rings is 2. The van der Waals surface area contributed by atoms with E-state index in [1.165, 1.54) is 0 Å². The van der Waals surface area contributed by atoms with Gasteiger partial charge >= 0.3 is 6.09 Å². The van der Waals surface area contributed by atoms with E-state index in [4.69, 9.17) is 16.6 Å². The van der Waals surface area contributed by atoms with Gasteiger partial charge in [0.05, 0.1) is 18.2 Å². The molecule has 6 heteroatoms. The molecule has 2 aromatic carbocycles. The molecule has 2 aliphatic rings. The molecule has 170 valence electrons. The Morgan fingerprint density at radius 1 is 1.09 bits per heavy atom. The van der Waals surface area contributed by atoms with E-state index in [9.17, 15) is 9.59 Å². The first-order valence-corrected chi connectivity index (χ1v) is 11.1. The van der Waals surface area contributed by atoms with Crippen LogP contribution in [0.25, 0.3) is 17.0 Å². The van der Waals surface area contributed by atoms with Crippen LogP contribution in [-0.2, 0) is 9.53 Å². The lowest BCUT2D eigenvalue weighted by Crippen LogP contribution is -2.47. The van der Waals surface area contributed by atoms with Gasteiger partial charge in [-0.25, -0.2) is 9.64 Å². The number of ketones is 1. The highest BCUT2D eigenvalue weighted by Gasteiger charge is 2.57. The highest BCUT2D eigenvalue weighted by molar-refractivity contribution is 6.24. The maximum absolute atomic E-state index is 13.3. The molecular weight excluding hydrogens is 426 g/mol. The van der Waals surface area contributed by atoms with Crippen molar-refractivity contribution in [3.05, 3.63) is 87.8 Å². The number of hydrogen-bond donors (Lipinski definition) is 0. The van der Waals surface area contributed by atoms with Crippen LogP contribution in [0.5, 0.6) is 0 Å². The number of hydrogen-bond acceptors (Lipinski definition) is 4. The van der Waals surface area contributed by atoms with Gasteiger partial charge in [-0.1, -0.05) is 36.4 Å². The minimum absolute atomic E-state index is 0.0512. The Hall–Kier alpha value is -4.16. The van der Waals surface area contributed by atoms with Gasteiger partial charge in [0.2, 0.25) is 0 Å². The van der Waals surface area contributed by atoms with Crippen LogP contribution in [0.1, 0.15) is 43.9 Å². The van der Waals surface area contributed by atoms with Gasteiger partial charge < -0.3 is 9.64 Å². The summed E-state index contributed by atoms with van der Waals surface area (Å²) >= 11 is 0. The molecule has 1 saturated carbocycles. The van der Waals surface area contributed by atoms with Crippen LogP contribution in [0.15, 0.2) is 59.7 Å². The molecule has 34 heavy (non-hydrogen) atoms. The third-order valence-corrected chi connectivity index (χ3v) is 6.13. The molecule has 1 atom stereocenters. The molecule has 1 spiro atoms. The van der Waals surface area contributed by atoms with Crippen molar-refractivity contribution in [3.63, 3.8) is 0 Å². The van der Waals surface area contributed by atoms with Gasteiger partial charge in [0.15, 0.2) is 11.5 Å². The van der Waals surface area contributed by atoms with Gasteiger partial charge in [0, 0.05) is 29.7 Å². The van der Waals surface area contributed by atoms with Crippen LogP contribution in [0.4, 0.5) is 10.5 Å². The SMILES string of the molecule is [C-]#[N+]c1ccc(/C=C2/C(=O)/C(=C/c3ccc(C#N)cc3)C23CCN(C(=O)OC(C)(C)C)C3)cc1. The zero-order valence-electron chi connectivity index (χ0n) is 19.5. The zero-order valence-corrected chi connectivity index (χ0v) is 19.5. The topological polar surface area (TPSA) is 74.8 Å². The Labute approximate surface area is 199 Å². The molecule has 0 radical (unpaired) electrons. The smallest absolute Gasteiger partial charge is 0.410 e. The van der Waals surface area contributed by atoms with Crippen LogP contribution in [-0.4, -0.2) is 35.5 Å². The number of nitrogens with zero attached hydrogens (tertiary/aromatic N) is 3. The van der Waals surface area contributed by atoms with E-state index in [2.05, 4.69) is 10.9 Å². The first-order valence-electron chi connectivity index (χ1n) is 11.1. The first kappa shape index (κ1) is 23.0. The minimum atomic E-state index is -0.604.